The lowest BCUT2D eigenvalue weighted by atomic mass is 9.87. The van der Waals surface area contributed by atoms with E-state index in [1.54, 1.807) is 0 Å². The zero-order valence-corrected chi connectivity index (χ0v) is 35.1. The number of nitrogens with zero attached hydrogens (tertiary/aromatic N) is 2. The molecular formula is C61H44N2. The molecule has 2 nitrogen and oxygen atoms in total. The van der Waals surface area contributed by atoms with E-state index in [2.05, 4.69) is 247 Å². The fraction of sp³-hybridized carbons (Fsp3) is 0.0492. The van der Waals surface area contributed by atoms with Crippen LogP contribution in [0.5, 0.6) is 0 Å². The van der Waals surface area contributed by atoms with Crippen LogP contribution in [0, 0.1) is 5.92 Å². The Bertz CT molecular complexity index is 3590. The van der Waals surface area contributed by atoms with Crippen LogP contribution in [-0.4, -0.2) is 4.57 Å². The summed E-state index contributed by atoms with van der Waals surface area (Å²) in [5.74, 6) is 0.395. The van der Waals surface area contributed by atoms with E-state index in [0.29, 0.717) is 5.92 Å². The highest BCUT2D eigenvalue weighted by Crippen LogP contribution is 2.43. The molecule has 10 aromatic carbocycles. The van der Waals surface area contributed by atoms with Crippen LogP contribution < -0.4 is 4.90 Å². The van der Waals surface area contributed by atoms with Crippen LogP contribution >= 0.6 is 0 Å². The van der Waals surface area contributed by atoms with Gasteiger partial charge in [-0.05, 0) is 145 Å². The Balaban J connectivity index is 1.02. The number of para-hydroxylation sites is 2. The Hall–Kier alpha value is -7.94. The van der Waals surface area contributed by atoms with Crippen LogP contribution in [0.1, 0.15) is 18.9 Å². The summed E-state index contributed by atoms with van der Waals surface area (Å²) in [6, 6.07) is 80.3. The minimum absolute atomic E-state index is 0.395. The smallest absolute Gasteiger partial charge is 0.0541 e. The largest absolute Gasteiger partial charge is 0.310 e. The summed E-state index contributed by atoms with van der Waals surface area (Å²) in [5, 5.41) is 10.1. The van der Waals surface area contributed by atoms with Crippen LogP contribution in [0.4, 0.5) is 11.4 Å². The number of allylic oxidation sites excluding steroid dienone is 3. The van der Waals surface area contributed by atoms with Crippen molar-refractivity contribution in [1.82, 2.24) is 4.57 Å². The maximum atomic E-state index is 2.47. The SMILES string of the molecule is CC1C=CC(N(c2ccc(-c3ccc4ccccc4c3)cc2)c2ccc(-c3cccc4c3ccc3ccccc34)cc2)=C(c2ccc3c(c2)c2ccccc2n3-c2ccccc2)C1. The average molecular weight is 805 g/mol. The highest BCUT2D eigenvalue weighted by atomic mass is 15.1. The molecular weight excluding hydrogens is 761 g/mol. The summed E-state index contributed by atoms with van der Waals surface area (Å²) in [6.45, 7) is 2.33. The maximum Gasteiger partial charge on any atom is 0.0541 e. The molecule has 1 heterocycles. The van der Waals surface area contributed by atoms with Crippen molar-refractivity contribution in [2.75, 3.05) is 4.90 Å². The van der Waals surface area contributed by atoms with Gasteiger partial charge in [-0.1, -0.05) is 171 Å². The molecule has 1 atom stereocenters. The molecule has 298 valence electrons. The quantitative estimate of drug-likeness (QED) is 0.146. The van der Waals surface area contributed by atoms with Gasteiger partial charge in [-0.15, -0.1) is 0 Å². The van der Waals surface area contributed by atoms with Gasteiger partial charge >= 0.3 is 0 Å². The molecule has 1 aromatic heterocycles. The predicted molar refractivity (Wildman–Crippen MR) is 269 cm³/mol. The molecule has 0 bridgehead atoms. The Morgan fingerprint density at radius 1 is 0.413 bits per heavy atom. The van der Waals surface area contributed by atoms with Crippen molar-refractivity contribution in [2.45, 2.75) is 13.3 Å². The third-order valence-electron chi connectivity index (χ3n) is 13.1. The van der Waals surface area contributed by atoms with E-state index in [1.165, 1.54) is 98.9 Å². The summed E-state index contributed by atoms with van der Waals surface area (Å²) in [5.41, 5.74) is 14.5. The molecule has 11 aromatic rings. The van der Waals surface area contributed by atoms with Crippen molar-refractivity contribution in [2.24, 2.45) is 5.92 Å². The molecule has 0 radical (unpaired) electrons. The first-order valence-corrected chi connectivity index (χ1v) is 22.1. The molecule has 1 aliphatic carbocycles. The van der Waals surface area contributed by atoms with Crippen molar-refractivity contribution < 1.29 is 0 Å². The van der Waals surface area contributed by atoms with E-state index >= 15 is 0 Å². The summed E-state index contributed by atoms with van der Waals surface area (Å²) < 4.78 is 2.40. The highest BCUT2D eigenvalue weighted by molar-refractivity contribution is 6.12. The first kappa shape index (κ1) is 36.9. The molecule has 0 saturated heterocycles. The monoisotopic (exact) mass is 804 g/mol. The van der Waals surface area contributed by atoms with Crippen LogP contribution in [0.15, 0.2) is 236 Å². The lowest BCUT2D eigenvalue weighted by Gasteiger charge is -2.32. The second kappa shape index (κ2) is 15.2. The number of rotatable bonds is 7. The normalized spacial score (nSPS) is 14.1. The molecule has 0 amide bonds. The van der Waals surface area contributed by atoms with Gasteiger partial charge in [0.1, 0.15) is 0 Å². The maximum absolute atomic E-state index is 2.47. The molecule has 0 saturated carbocycles. The number of fused-ring (bicyclic) bond motifs is 7. The summed E-state index contributed by atoms with van der Waals surface area (Å²) in [7, 11) is 0. The number of hydrogen-bond donors (Lipinski definition) is 0. The summed E-state index contributed by atoms with van der Waals surface area (Å²) in [6.07, 6.45) is 5.67. The van der Waals surface area contributed by atoms with Crippen molar-refractivity contribution in [3.05, 3.63) is 242 Å². The van der Waals surface area contributed by atoms with Gasteiger partial charge in [-0.3, -0.25) is 0 Å². The van der Waals surface area contributed by atoms with Crippen molar-refractivity contribution in [3.8, 4) is 27.9 Å². The minimum atomic E-state index is 0.395. The standard InChI is InChI=1S/C61H44N2/c1-41-22-36-60(57(38-41)48-30-37-61-58(40-48)56-18-9-10-21-59(56)63(61)49-15-3-2-4-16-49)62(50-31-25-43(26-32-50)47-24-23-42-12-5-6-14-46(42)39-47)51-33-27-45(28-34-51)53-19-11-20-54-52-17-8-7-13-44(52)29-35-55(53)54/h2-37,39-41H,38H2,1H3. The molecule has 0 N–H and O–H groups in total. The van der Waals surface area contributed by atoms with Gasteiger partial charge in [0.25, 0.3) is 0 Å². The van der Waals surface area contributed by atoms with E-state index in [0.717, 1.165) is 17.8 Å². The molecule has 2 heteroatoms. The fourth-order valence-corrected chi connectivity index (χ4v) is 10.0. The van der Waals surface area contributed by atoms with Crippen molar-refractivity contribution in [1.29, 1.82) is 0 Å². The first-order valence-electron chi connectivity index (χ1n) is 22.1. The van der Waals surface area contributed by atoms with Crippen LogP contribution in [0.2, 0.25) is 0 Å². The van der Waals surface area contributed by atoms with Gasteiger partial charge in [-0.25, -0.2) is 0 Å². The number of anilines is 2. The minimum Gasteiger partial charge on any atom is -0.310 e. The van der Waals surface area contributed by atoms with Crippen LogP contribution in [0.3, 0.4) is 0 Å². The molecule has 0 spiro atoms. The van der Waals surface area contributed by atoms with Gasteiger partial charge < -0.3 is 9.47 Å². The lowest BCUT2D eigenvalue weighted by molar-refractivity contribution is 0.742. The summed E-state index contributed by atoms with van der Waals surface area (Å²) >= 11 is 0. The van der Waals surface area contributed by atoms with E-state index < -0.39 is 0 Å². The number of hydrogen-bond acceptors (Lipinski definition) is 1. The first-order chi connectivity index (χ1) is 31.1. The number of aromatic nitrogens is 1. The van der Waals surface area contributed by atoms with E-state index in [1.807, 2.05) is 0 Å². The Morgan fingerprint density at radius 2 is 1.03 bits per heavy atom. The van der Waals surface area contributed by atoms with Crippen molar-refractivity contribution >= 4 is 71.1 Å². The lowest BCUT2D eigenvalue weighted by Crippen LogP contribution is -2.19. The topological polar surface area (TPSA) is 8.17 Å². The molecule has 0 aliphatic heterocycles. The third kappa shape index (κ3) is 6.42. The van der Waals surface area contributed by atoms with E-state index in [9.17, 15) is 0 Å². The Labute approximate surface area is 367 Å². The Morgan fingerprint density at radius 3 is 1.84 bits per heavy atom. The van der Waals surface area contributed by atoms with Crippen LogP contribution in [0.25, 0.3) is 87.6 Å². The van der Waals surface area contributed by atoms with Gasteiger partial charge in [-0.2, -0.15) is 0 Å². The molecule has 12 rings (SSSR count). The van der Waals surface area contributed by atoms with Gasteiger partial charge in [0, 0.05) is 33.5 Å². The van der Waals surface area contributed by atoms with Gasteiger partial charge in [0.05, 0.1) is 11.0 Å². The van der Waals surface area contributed by atoms with Crippen LogP contribution in [-0.2, 0) is 0 Å². The van der Waals surface area contributed by atoms with E-state index in [-0.39, 0.29) is 0 Å². The van der Waals surface area contributed by atoms with Crippen molar-refractivity contribution in [3.63, 3.8) is 0 Å². The zero-order chi connectivity index (χ0) is 41.9. The molecule has 1 aliphatic rings. The molecule has 63 heavy (non-hydrogen) atoms. The average Bonchev–Trinajstić information content (AvgIpc) is 3.68. The second-order valence-corrected chi connectivity index (χ2v) is 17.0. The number of benzene rings is 10. The Kier molecular flexibility index (Phi) is 8.90. The predicted octanol–water partition coefficient (Wildman–Crippen LogP) is 16.7. The molecule has 1 unspecified atom stereocenters. The highest BCUT2D eigenvalue weighted by Gasteiger charge is 2.24. The molecule has 0 fully saturated rings. The fourth-order valence-electron chi connectivity index (χ4n) is 10.0. The van der Waals surface area contributed by atoms with Gasteiger partial charge in [0.15, 0.2) is 0 Å². The third-order valence-corrected chi connectivity index (χ3v) is 13.1. The van der Waals surface area contributed by atoms with Gasteiger partial charge in [0.2, 0.25) is 0 Å². The van der Waals surface area contributed by atoms with E-state index in [4.69, 9.17) is 0 Å². The summed E-state index contributed by atoms with van der Waals surface area (Å²) in [4.78, 5) is 2.47. The zero-order valence-electron chi connectivity index (χ0n) is 35.1. The second-order valence-electron chi connectivity index (χ2n) is 17.0.